The maximum Gasteiger partial charge on any atom is 0.330 e. The Hall–Kier alpha value is -2.98. The minimum Gasteiger partial charge on any atom is -0.299 e. The summed E-state index contributed by atoms with van der Waals surface area (Å²) in [4.78, 5) is 23.4. The molecule has 0 saturated carbocycles. The van der Waals surface area contributed by atoms with E-state index in [2.05, 4.69) is 27.0 Å². The number of likely N-dealkylation sites (tertiary alicyclic amines) is 1. The SMILES string of the molecule is Cn1c(=O)n(C2CCN(Cc3cccc(C#N)c3)CC2)c2ncncc21. The number of aryl methyl sites for hydroxylation is 1. The molecule has 1 aliphatic rings. The van der Waals surface area contributed by atoms with E-state index in [0.29, 0.717) is 11.2 Å². The van der Waals surface area contributed by atoms with Gasteiger partial charge in [-0.1, -0.05) is 12.1 Å². The van der Waals surface area contributed by atoms with Gasteiger partial charge in [0, 0.05) is 32.7 Å². The maximum absolute atomic E-state index is 12.6. The summed E-state index contributed by atoms with van der Waals surface area (Å²) < 4.78 is 3.44. The average Bonchev–Trinajstić information content (AvgIpc) is 2.94. The first-order valence-electron chi connectivity index (χ1n) is 8.75. The molecule has 1 fully saturated rings. The predicted octanol–water partition coefficient (Wildman–Crippen LogP) is 1.84. The maximum atomic E-state index is 12.6. The van der Waals surface area contributed by atoms with Crippen molar-refractivity contribution in [3.05, 3.63) is 58.4 Å². The highest BCUT2D eigenvalue weighted by molar-refractivity contribution is 5.70. The quantitative estimate of drug-likeness (QED) is 0.721. The highest BCUT2D eigenvalue weighted by Crippen LogP contribution is 2.25. The monoisotopic (exact) mass is 348 g/mol. The van der Waals surface area contributed by atoms with E-state index in [1.807, 2.05) is 22.8 Å². The lowest BCUT2D eigenvalue weighted by atomic mass is 10.0. The first-order chi connectivity index (χ1) is 12.7. The van der Waals surface area contributed by atoms with Crippen molar-refractivity contribution in [3.8, 4) is 6.07 Å². The Bertz CT molecular complexity index is 1040. The topological polar surface area (TPSA) is 79.7 Å². The summed E-state index contributed by atoms with van der Waals surface area (Å²) in [6.45, 7) is 2.65. The number of hydrogen-bond acceptors (Lipinski definition) is 5. The van der Waals surface area contributed by atoms with E-state index in [9.17, 15) is 4.79 Å². The van der Waals surface area contributed by atoms with Crippen LogP contribution < -0.4 is 5.69 Å². The lowest BCUT2D eigenvalue weighted by Gasteiger charge is -2.32. The minimum absolute atomic E-state index is 0.0272. The third kappa shape index (κ3) is 2.89. The Morgan fingerprint density at radius 2 is 2.12 bits per heavy atom. The van der Waals surface area contributed by atoms with Gasteiger partial charge in [-0.2, -0.15) is 5.26 Å². The largest absolute Gasteiger partial charge is 0.330 e. The number of hydrogen-bond donors (Lipinski definition) is 0. The Kier molecular flexibility index (Phi) is 4.27. The van der Waals surface area contributed by atoms with Crippen LogP contribution in [0.2, 0.25) is 0 Å². The minimum atomic E-state index is -0.0272. The molecule has 3 aromatic rings. The highest BCUT2D eigenvalue weighted by Gasteiger charge is 2.25. The molecule has 132 valence electrons. The lowest BCUT2D eigenvalue weighted by Crippen LogP contribution is -2.37. The second kappa shape index (κ2) is 6.73. The van der Waals surface area contributed by atoms with Crippen LogP contribution in [0.1, 0.15) is 30.0 Å². The van der Waals surface area contributed by atoms with Gasteiger partial charge in [0.15, 0.2) is 5.65 Å². The number of fused-ring (bicyclic) bond motifs is 1. The molecule has 3 heterocycles. The van der Waals surface area contributed by atoms with Crippen LogP contribution in [0.3, 0.4) is 0 Å². The average molecular weight is 348 g/mol. The van der Waals surface area contributed by atoms with Gasteiger partial charge < -0.3 is 0 Å². The lowest BCUT2D eigenvalue weighted by molar-refractivity contribution is 0.179. The molecule has 1 aliphatic heterocycles. The van der Waals surface area contributed by atoms with E-state index in [4.69, 9.17) is 5.26 Å². The molecule has 0 amide bonds. The summed E-state index contributed by atoms with van der Waals surface area (Å²) in [6, 6.07) is 10.1. The second-order valence-electron chi connectivity index (χ2n) is 6.76. The Morgan fingerprint density at radius 1 is 1.31 bits per heavy atom. The summed E-state index contributed by atoms with van der Waals surface area (Å²) in [6.07, 6.45) is 5.00. The molecule has 0 unspecified atom stereocenters. The zero-order chi connectivity index (χ0) is 18.1. The molecule has 0 N–H and O–H groups in total. The van der Waals surface area contributed by atoms with Crippen LogP contribution in [-0.4, -0.2) is 37.1 Å². The van der Waals surface area contributed by atoms with Crippen LogP contribution in [0.15, 0.2) is 41.6 Å². The van der Waals surface area contributed by atoms with Crippen molar-refractivity contribution >= 4 is 11.2 Å². The van der Waals surface area contributed by atoms with Gasteiger partial charge in [0.2, 0.25) is 0 Å². The van der Waals surface area contributed by atoms with Gasteiger partial charge in [0.25, 0.3) is 0 Å². The van der Waals surface area contributed by atoms with Crippen molar-refractivity contribution in [2.24, 2.45) is 7.05 Å². The van der Waals surface area contributed by atoms with E-state index in [0.717, 1.165) is 43.6 Å². The van der Waals surface area contributed by atoms with Crippen LogP contribution in [0.5, 0.6) is 0 Å². The number of nitriles is 1. The number of aromatic nitrogens is 4. The number of nitrogens with zero attached hydrogens (tertiary/aromatic N) is 6. The van der Waals surface area contributed by atoms with Gasteiger partial charge in [-0.25, -0.2) is 14.8 Å². The van der Waals surface area contributed by atoms with Gasteiger partial charge in [-0.05, 0) is 30.5 Å². The summed E-state index contributed by atoms with van der Waals surface area (Å²) in [5, 5.41) is 9.03. The summed E-state index contributed by atoms with van der Waals surface area (Å²) in [5.41, 5.74) is 3.30. The van der Waals surface area contributed by atoms with Gasteiger partial charge >= 0.3 is 5.69 Å². The van der Waals surface area contributed by atoms with Crippen LogP contribution in [-0.2, 0) is 13.6 Å². The standard InChI is InChI=1S/C19H20N6O/c1-23-17-11-21-13-22-18(17)25(19(23)26)16-5-7-24(8-6-16)12-15-4-2-3-14(9-15)10-20/h2-4,9,11,13,16H,5-8,12H2,1H3. The van der Waals surface area contributed by atoms with Gasteiger partial charge in [-0.3, -0.25) is 14.0 Å². The first-order valence-corrected chi connectivity index (χ1v) is 8.75. The van der Waals surface area contributed by atoms with Crippen molar-refractivity contribution < 1.29 is 0 Å². The summed E-state index contributed by atoms with van der Waals surface area (Å²) >= 11 is 0. The molecule has 0 radical (unpaired) electrons. The molecule has 7 nitrogen and oxygen atoms in total. The van der Waals surface area contributed by atoms with E-state index in [1.165, 1.54) is 6.33 Å². The van der Waals surface area contributed by atoms with Crippen LogP contribution >= 0.6 is 0 Å². The molecule has 2 aromatic heterocycles. The molecule has 0 atom stereocenters. The predicted molar refractivity (Wildman–Crippen MR) is 97.5 cm³/mol. The van der Waals surface area contributed by atoms with E-state index < -0.39 is 0 Å². The third-order valence-electron chi connectivity index (χ3n) is 5.14. The zero-order valence-corrected chi connectivity index (χ0v) is 14.7. The molecular weight excluding hydrogens is 328 g/mol. The fourth-order valence-corrected chi connectivity index (χ4v) is 3.76. The van der Waals surface area contributed by atoms with E-state index in [-0.39, 0.29) is 11.7 Å². The van der Waals surface area contributed by atoms with Gasteiger partial charge in [0.05, 0.1) is 17.8 Å². The number of rotatable bonds is 3. The highest BCUT2D eigenvalue weighted by atomic mass is 16.1. The van der Waals surface area contributed by atoms with Crippen LogP contribution in [0.25, 0.3) is 11.2 Å². The summed E-state index contributed by atoms with van der Waals surface area (Å²) in [7, 11) is 1.77. The van der Waals surface area contributed by atoms with Gasteiger partial charge in [0.1, 0.15) is 11.8 Å². The molecular formula is C19H20N6O. The van der Waals surface area contributed by atoms with Gasteiger partial charge in [-0.15, -0.1) is 0 Å². The Balaban J connectivity index is 1.50. The zero-order valence-electron chi connectivity index (χ0n) is 14.7. The molecule has 0 spiro atoms. The fourth-order valence-electron chi connectivity index (χ4n) is 3.76. The molecule has 7 heteroatoms. The molecule has 4 rings (SSSR count). The molecule has 26 heavy (non-hydrogen) atoms. The van der Waals surface area contributed by atoms with E-state index in [1.54, 1.807) is 17.8 Å². The number of benzene rings is 1. The Labute approximate surface area is 151 Å². The normalized spacial score (nSPS) is 16.0. The van der Waals surface area contributed by atoms with Crippen molar-refractivity contribution in [2.75, 3.05) is 13.1 Å². The Morgan fingerprint density at radius 3 is 2.88 bits per heavy atom. The van der Waals surface area contributed by atoms with Crippen molar-refractivity contribution in [1.82, 2.24) is 24.0 Å². The van der Waals surface area contributed by atoms with E-state index >= 15 is 0 Å². The van der Waals surface area contributed by atoms with Crippen molar-refractivity contribution in [3.63, 3.8) is 0 Å². The third-order valence-corrected chi connectivity index (χ3v) is 5.14. The molecule has 1 aromatic carbocycles. The fraction of sp³-hybridized carbons (Fsp3) is 0.368. The smallest absolute Gasteiger partial charge is 0.299 e. The molecule has 0 aliphatic carbocycles. The molecule has 1 saturated heterocycles. The van der Waals surface area contributed by atoms with Crippen LogP contribution in [0, 0.1) is 11.3 Å². The first kappa shape index (κ1) is 16.5. The van der Waals surface area contributed by atoms with Crippen molar-refractivity contribution in [2.45, 2.75) is 25.4 Å². The van der Waals surface area contributed by atoms with Crippen LogP contribution in [0.4, 0.5) is 0 Å². The van der Waals surface area contributed by atoms with Crippen molar-refractivity contribution in [1.29, 1.82) is 5.26 Å². The molecule has 0 bridgehead atoms. The number of imidazole rings is 1. The second-order valence-corrected chi connectivity index (χ2v) is 6.76. The summed E-state index contributed by atoms with van der Waals surface area (Å²) in [5.74, 6) is 0. The number of piperidine rings is 1.